The lowest BCUT2D eigenvalue weighted by Gasteiger charge is -2.32. The zero-order valence-electron chi connectivity index (χ0n) is 43.1. The molecule has 74 heavy (non-hydrogen) atoms. The molecule has 1 fully saturated rings. The molecule has 22 heteroatoms. The molecule has 1 saturated carbocycles. The maximum absolute atomic E-state index is 14.5. The topological polar surface area (TPSA) is 264 Å². The molecule has 0 aliphatic heterocycles. The Hall–Kier alpha value is -6.47. The zero-order chi connectivity index (χ0) is 54.9. The third-order valence-electron chi connectivity index (χ3n) is 12.0. The number of nitriles is 1. The molecule has 4 aromatic carbocycles. The number of oxazole rings is 1. The first-order chi connectivity index (χ1) is 34.1. The standard InChI is InChI=1S/C52H62ClN7O11S3/c1-31-24-38(20-16-32(31)25-33(29-54)48-56-42-26-34(17-23-43(42)70-48)52(8,9)30-50(2,3)4)60(37-14-12-13-15-37)49(63)71-45(46(61)51(5,6)7)47(62)55-41-27-35(18-21-39(41)53)58-74(68,69)44-28-36(57-72(10,64)65)19-22-40(44)59-73(11,66)67/h16-28,37,45,57-59H,12-15,30H2,1-11H3,(H,55,62). The van der Waals surface area contributed by atoms with Gasteiger partial charge >= 0.3 is 6.09 Å². The van der Waals surface area contributed by atoms with Crippen LogP contribution >= 0.6 is 11.6 Å². The average Bonchev–Trinajstić information content (AvgIpc) is 3.95. The normalized spacial score (nSPS) is 14.5. The number of sulfonamides is 3. The molecule has 1 unspecified atom stereocenters. The second-order valence-electron chi connectivity index (χ2n) is 21.5. The highest BCUT2D eigenvalue weighted by Crippen LogP contribution is 2.39. The Bertz CT molecular complexity index is 3440. The number of ether oxygens (including phenoxy) is 1. The Labute approximate surface area is 438 Å². The fourth-order valence-electron chi connectivity index (χ4n) is 8.96. The van der Waals surface area contributed by atoms with Crippen molar-refractivity contribution in [1.29, 1.82) is 5.26 Å². The van der Waals surface area contributed by atoms with Gasteiger partial charge in [0.15, 0.2) is 11.4 Å². The van der Waals surface area contributed by atoms with E-state index in [2.05, 4.69) is 60.2 Å². The van der Waals surface area contributed by atoms with Gasteiger partial charge in [0.2, 0.25) is 32.0 Å². The number of aryl methyl sites for hydroxylation is 1. The van der Waals surface area contributed by atoms with Gasteiger partial charge in [-0.2, -0.15) is 5.26 Å². The molecule has 1 atom stereocenters. The van der Waals surface area contributed by atoms with E-state index in [1.807, 2.05) is 25.1 Å². The Morgan fingerprint density at radius 2 is 1.47 bits per heavy atom. The van der Waals surface area contributed by atoms with Gasteiger partial charge in [0.1, 0.15) is 22.1 Å². The number of carbonyl (C=O) groups excluding carboxylic acids is 3. The maximum Gasteiger partial charge on any atom is 0.415 e. The summed E-state index contributed by atoms with van der Waals surface area (Å²) in [6, 6.07) is 19.7. The van der Waals surface area contributed by atoms with Gasteiger partial charge in [0.05, 0.1) is 34.6 Å². The van der Waals surface area contributed by atoms with Gasteiger partial charge in [0, 0.05) is 22.8 Å². The van der Waals surface area contributed by atoms with E-state index in [0.29, 0.717) is 40.8 Å². The monoisotopic (exact) mass is 1090 g/mol. The number of benzene rings is 4. The van der Waals surface area contributed by atoms with Crippen molar-refractivity contribution in [3.8, 4) is 6.07 Å². The van der Waals surface area contributed by atoms with Crippen LogP contribution in [0.5, 0.6) is 0 Å². The van der Waals surface area contributed by atoms with Gasteiger partial charge in [0.25, 0.3) is 15.9 Å². The van der Waals surface area contributed by atoms with Crippen LogP contribution in [-0.2, 0) is 49.8 Å². The van der Waals surface area contributed by atoms with E-state index in [1.54, 1.807) is 45.0 Å². The number of rotatable bonds is 17. The van der Waals surface area contributed by atoms with Crippen LogP contribution in [0.4, 0.5) is 33.2 Å². The number of allylic oxidation sites excluding steroid dienone is 1. The van der Waals surface area contributed by atoms with Crippen molar-refractivity contribution in [3.63, 3.8) is 0 Å². The first kappa shape index (κ1) is 56.8. The van der Waals surface area contributed by atoms with Crippen molar-refractivity contribution in [2.75, 3.05) is 36.9 Å². The molecule has 1 aliphatic rings. The number of aromatic nitrogens is 1. The Morgan fingerprint density at radius 3 is 2.07 bits per heavy atom. The number of fused-ring (bicyclic) bond motifs is 1. The number of halogens is 1. The van der Waals surface area contributed by atoms with Gasteiger partial charge in [-0.1, -0.05) is 92.0 Å². The zero-order valence-corrected chi connectivity index (χ0v) is 46.3. The van der Waals surface area contributed by atoms with E-state index < -0.39 is 70.0 Å². The minimum atomic E-state index is -4.72. The van der Waals surface area contributed by atoms with Crippen LogP contribution in [0.15, 0.2) is 82.1 Å². The van der Waals surface area contributed by atoms with Crippen molar-refractivity contribution in [3.05, 3.63) is 100 Å². The second kappa shape index (κ2) is 21.4. The molecule has 18 nitrogen and oxygen atoms in total. The van der Waals surface area contributed by atoms with Crippen molar-refractivity contribution < 1.29 is 48.8 Å². The summed E-state index contributed by atoms with van der Waals surface area (Å²) in [7, 11) is -12.6. The van der Waals surface area contributed by atoms with E-state index in [1.165, 1.54) is 17.0 Å². The van der Waals surface area contributed by atoms with E-state index in [0.717, 1.165) is 61.6 Å². The molecule has 1 heterocycles. The number of anilines is 5. The molecule has 396 valence electrons. The minimum absolute atomic E-state index is 0.0956. The summed E-state index contributed by atoms with van der Waals surface area (Å²) in [5.74, 6) is -1.71. The molecule has 5 aromatic rings. The number of amides is 2. The van der Waals surface area contributed by atoms with E-state index in [9.17, 15) is 44.9 Å². The summed E-state index contributed by atoms with van der Waals surface area (Å²) in [5, 5.41) is 12.7. The average molecular weight is 1090 g/mol. The van der Waals surface area contributed by atoms with Gasteiger partial charge < -0.3 is 14.5 Å². The summed E-state index contributed by atoms with van der Waals surface area (Å²) in [4.78, 5) is 48.3. The number of nitrogens with one attached hydrogen (secondary N) is 4. The van der Waals surface area contributed by atoms with Crippen LogP contribution in [0.2, 0.25) is 5.02 Å². The number of Topliss-reactive ketones (excluding diaryl/α,β-unsaturated/α-hetero) is 1. The summed E-state index contributed by atoms with van der Waals surface area (Å²) < 4.78 is 94.4. The van der Waals surface area contributed by atoms with Gasteiger partial charge in [-0.15, -0.1) is 0 Å². The molecule has 1 aromatic heterocycles. The summed E-state index contributed by atoms with van der Waals surface area (Å²) in [5.41, 5.74) is 1.93. The van der Waals surface area contributed by atoms with Crippen LogP contribution < -0.4 is 24.4 Å². The summed E-state index contributed by atoms with van der Waals surface area (Å²) in [6.45, 7) is 17.4. The van der Waals surface area contributed by atoms with Crippen LogP contribution in [0.1, 0.15) is 110 Å². The maximum atomic E-state index is 14.5. The lowest BCUT2D eigenvalue weighted by atomic mass is 9.72. The van der Waals surface area contributed by atoms with Gasteiger partial charge in [-0.3, -0.25) is 28.7 Å². The summed E-state index contributed by atoms with van der Waals surface area (Å²) in [6.07, 6.45) is 4.05. The molecular weight excluding hydrogens is 1030 g/mol. The Morgan fingerprint density at radius 1 is 0.838 bits per heavy atom. The number of nitrogens with zero attached hydrogens (tertiary/aromatic N) is 3. The lowest BCUT2D eigenvalue weighted by Crippen LogP contribution is -2.48. The molecular formula is C52H62ClN7O11S3. The quantitative estimate of drug-likeness (QED) is 0.0499. The van der Waals surface area contributed by atoms with Crippen LogP contribution in [0.25, 0.3) is 22.7 Å². The second-order valence-corrected chi connectivity index (χ2v) is 27.0. The van der Waals surface area contributed by atoms with Crippen molar-refractivity contribution in [1.82, 2.24) is 4.98 Å². The SMILES string of the molecule is Cc1cc(N(C(=O)OC(C(=O)Nc2cc(NS(=O)(=O)c3cc(NS(C)(=O)=O)ccc3NS(C)(=O)=O)ccc2Cl)C(=O)C(C)(C)C)C2CCCC2)ccc1C=C(C#N)c1nc2cc(C(C)(C)CC(C)(C)C)ccc2o1. The fourth-order valence-corrected chi connectivity index (χ4v) is 11.6. The highest BCUT2D eigenvalue weighted by Gasteiger charge is 2.41. The predicted octanol–water partition coefficient (Wildman–Crippen LogP) is 10.6. The predicted molar refractivity (Wildman–Crippen MR) is 290 cm³/mol. The van der Waals surface area contributed by atoms with Gasteiger partial charge in [-0.05, 0) is 120 Å². The fraction of sp³-hybridized carbons (Fsp3) is 0.404. The molecule has 0 bridgehead atoms. The third-order valence-corrected chi connectivity index (χ3v) is 14.9. The summed E-state index contributed by atoms with van der Waals surface area (Å²) >= 11 is 6.50. The molecule has 4 N–H and O–H groups in total. The molecule has 0 spiro atoms. The molecule has 0 radical (unpaired) electrons. The molecule has 2 amide bonds. The Kier molecular flexibility index (Phi) is 16.4. The molecule has 6 rings (SSSR count). The smallest absolute Gasteiger partial charge is 0.415 e. The number of hydrogen-bond acceptors (Lipinski definition) is 13. The Balaban J connectivity index is 1.27. The van der Waals surface area contributed by atoms with Gasteiger partial charge in [-0.25, -0.2) is 35.0 Å². The van der Waals surface area contributed by atoms with E-state index in [-0.39, 0.29) is 50.4 Å². The minimum Gasteiger partial charge on any atom is -0.435 e. The highest BCUT2D eigenvalue weighted by atomic mass is 35.5. The van der Waals surface area contributed by atoms with Crippen molar-refractivity contribution in [2.45, 2.75) is 117 Å². The van der Waals surface area contributed by atoms with E-state index >= 15 is 0 Å². The molecule has 0 saturated heterocycles. The van der Waals surface area contributed by atoms with Crippen molar-refractivity contribution in [2.24, 2.45) is 10.8 Å². The van der Waals surface area contributed by atoms with Crippen molar-refractivity contribution >= 4 is 111 Å². The first-order valence-corrected chi connectivity index (χ1v) is 29.2. The highest BCUT2D eigenvalue weighted by molar-refractivity contribution is 7.93. The number of carbonyl (C=O) groups is 3. The van der Waals surface area contributed by atoms with Crippen LogP contribution in [-0.4, -0.2) is 72.7 Å². The largest absolute Gasteiger partial charge is 0.435 e. The molecule has 1 aliphatic carbocycles. The van der Waals surface area contributed by atoms with Crippen LogP contribution in [0, 0.1) is 29.1 Å². The number of ketones is 1. The third kappa shape index (κ3) is 14.4. The number of hydrogen-bond donors (Lipinski definition) is 4. The van der Waals surface area contributed by atoms with E-state index in [4.69, 9.17) is 25.7 Å². The first-order valence-electron chi connectivity index (χ1n) is 23.5. The lowest BCUT2D eigenvalue weighted by molar-refractivity contribution is -0.142. The van der Waals surface area contributed by atoms with Crippen LogP contribution in [0.3, 0.4) is 0 Å².